The number of carbonyl (C=O) groups is 1. The number of amides is 1. The van der Waals surface area contributed by atoms with Crippen LogP contribution in [0.25, 0.3) is 11.1 Å². The number of pyridine rings is 2. The molecule has 1 aliphatic rings. The smallest absolute Gasteiger partial charge is 0.271 e. The first kappa shape index (κ1) is 22.9. The molecular formula is C24H24ClN7O3. The fraction of sp³-hybridized carbons (Fsp3) is 0.250. The van der Waals surface area contributed by atoms with E-state index in [1.807, 2.05) is 36.0 Å². The maximum atomic E-state index is 13.5. The molecule has 0 spiro atoms. The first-order valence-corrected chi connectivity index (χ1v) is 11.4. The predicted molar refractivity (Wildman–Crippen MR) is 132 cm³/mol. The van der Waals surface area contributed by atoms with E-state index in [0.29, 0.717) is 35.2 Å². The fourth-order valence-corrected chi connectivity index (χ4v) is 4.50. The van der Waals surface area contributed by atoms with Crippen LogP contribution in [0.3, 0.4) is 0 Å². The Bertz CT molecular complexity index is 1440. The van der Waals surface area contributed by atoms with Crippen molar-refractivity contribution in [1.82, 2.24) is 29.2 Å². The average Bonchev–Trinajstić information content (AvgIpc) is 3.45. The van der Waals surface area contributed by atoms with E-state index in [2.05, 4.69) is 20.4 Å². The minimum absolute atomic E-state index is 0.175. The first-order valence-electron chi connectivity index (χ1n) is 11.0. The molecule has 10 nitrogen and oxygen atoms in total. The highest BCUT2D eigenvalue weighted by molar-refractivity contribution is 6.33. The number of hydrogen-bond acceptors (Lipinski definition) is 6. The Labute approximate surface area is 206 Å². The van der Waals surface area contributed by atoms with Crippen molar-refractivity contribution in [1.29, 1.82) is 0 Å². The topological polar surface area (TPSA) is 110 Å². The molecule has 0 aliphatic carbocycles. The van der Waals surface area contributed by atoms with Crippen molar-refractivity contribution >= 4 is 29.1 Å². The molecule has 5 heterocycles. The Balaban J connectivity index is 1.48. The molecule has 0 saturated carbocycles. The molecule has 5 rings (SSSR count). The van der Waals surface area contributed by atoms with Crippen LogP contribution in [0.4, 0.5) is 11.6 Å². The van der Waals surface area contributed by atoms with E-state index in [1.165, 1.54) is 0 Å². The summed E-state index contributed by atoms with van der Waals surface area (Å²) in [5.74, 6) is 1.21. The number of H-pyrrole nitrogens is 1. The predicted octanol–water partition coefficient (Wildman–Crippen LogP) is 3.04. The monoisotopic (exact) mass is 493 g/mol. The minimum atomic E-state index is -0.227. The number of aromatic amines is 1. The summed E-state index contributed by atoms with van der Waals surface area (Å²) in [7, 11) is 3.43. The van der Waals surface area contributed by atoms with Gasteiger partial charge in [0.25, 0.3) is 11.5 Å². The van der Waals surface area contributed by atoms with E-state index < -0.39 is 0 Å². The largest absolute Gasteiger partial charge is 0.382 e. The number of halogens is 1. The van der Waals surface area contributed by atoms with E-state index in [4.69, 9.17) is 16.3 Å². The lowest BCUT2D eigenvalue weighted by atomic mass is 10.1. The summed E-state index contributed by atoms with van der Waals surface area (Å²) in [5.41, 5.74) is 2.37. The third kappa shape index (κ3) is 4.45. The summed E-state index contributed by atoms with van der Waals surface area (Å²) in [5, 5.41) is 7.84. The molecule has 0 radical (unpaired) electrons. The Morgan fingerprint density at radius 1 is 1.29 bits per heavy atom. The van der Waals surface area contributed by atoms with Gasteiger partial charge < -0.3 is 24.5 Å². The van der Waals surface area contributed by atoms with Crippen LogP contribution in [0.2, 0.25) is 5.02 Å². The lowest BCUT2D eigenvalue weighted by Crippen LogP contribution is -2.49. The summed E-state index contributed by atoms with van der Waals surface area (Å²) < 4.78 is 9.01. The molecule has 180 valence electrons. The quantitative estimate of drug-likeness (QED) is 0.409. The van der Waals surface area contributed by atoms with Gasteiger partial charge in [-0.2, -0.15) is 5.10 Å². The molecule has 0 aromatic carbocycles. The van der Waals surface area contributed by atoms with Crippen molar-refractivity contribution < 1.29 is 9.53 Å². The number of anilines is 2. The number of fused-ring (bicyclic) bond motifs is 1. The van der Waals surface area contributed by atoms with Crippen LogP contribution in [-0.4, -0.2) is 54.9 Å². The lowest BCUT2D eigenvalue weighted by molar-refractivity contribution is 0.0387. The van der Waals surface area contributed by atoms with Crippen molar-refractivity contribution in [2.75, 3.05) is 19.0 Å². The number of carbonyl (C=O) groups excluding carboxylic acids is 1. The molecule has 11 heteroatoms. The van der Waals surface area contributed by atoms with Crippen LogP contribution in [0, 0.1) is 0 Å². The van der Waals surface area contributed by atoms with Crippen LogP contribution < -0.4 is 10.9 Å². The van der Waals surface area contributed by atoms with Gasteiger partial charge in [-0.15, -0.1) is 0 Å². The van der Waals surface area contributed by atoms with E-state index in [9.17, 15) is 9.59 Å². The highest BCUT2D eigenvalue weighted by atomic mass is 35.5. The van der Waals surface area contributed by atoms with Crippen LogP contribution in [0.5, 0.6) is 0 Å². The SMILES string of the molecule is COC[C@H]1Cn2cc(-c3cc(Nc4ccnn4C)ncc3Cl)cc2C(=O)N1Cc1ccc[nH]c1=O. The third-order valence-electron chi connectivity index (χ3n) is 6.07. The van der Waals surface area contributed by atoms with Gasteiger partial charge in [0, 0.05) is 62.0 Å². The minimum Gasteiger partial charge on any atom is -0.382 e. The number of aryl methyl sites for hydroxylation is 1. The van der Waals surface area contributed by atoms with E-state index in [-0.39, 0.29) is 24.1 Å². The number of methoxy groups -OCH3 is 1. The van der Waals surface area contributed by atoms with Crippen molar-refractivity contribution in [2.45, 2.75) is 19.1 Å². The van der Waals surface area contributed by atoms with E-state index in [0.717, 1.165) is 16.9 Å². The second-order valence-corrected chi connectivity index (χ2v) is 8.75. The van der Waals surface area contributed by atoms with Gasteiger partial charge in [-0.25, -0.2) is 4.98 Å². The van der Waals surface area contributed by atoms with Crippen LogP contribution in [0.1, 0.15) is 16.1 Å². The zero-order valence-corrected chi connectivity index (χ0v) is 20.0. The molecule has 0 bridgehead atoms. The van der Waals surface area contributed by atoms with Gasteiger partial charge in [-0.3, -0.25) is 14.3 Å². The van der Waals surface area contributed by atoms with Gasteiger partial charge in [0.05, 0.1) is 30.4 Å². The van der Waals surface area contributed by atoms with Crippen LogP contribution >= 0.6 is 11.6 Å². The molecule has 0 unspecified atom stereocenters. The summed E-state index contributed by atoms with van der Waals surface area (Å²) in [6, 6.07) is 8.75. The molecule has 1 amide bonds. The van der Waals surface area contributed by atoms with E-state index in [1.54, 1.807) is 47.4 Å². The molecule has 0 saturated heterocycles. The van der Waals surface area contributed by atoms with Gasteiger partial charge >= 0.3 is 0 Å². The zero-order valence-electron chi connectivity index (χ0n) is 19.2. The second kappa shape index (κ2) is 9.40. The molecule has 35 heavy (non-hydrogen) atoms. The van der Waals surface area contributed by atoms with Crippen molar-refractivity contribution in [3.63, 3.8) is 0 Å². The molecule has 2 N–H and O–H groups in total. The van der Waals surface area contributed by atoms with Gasteiger partial charge in [-0.05, 0) is 18.2 Å². The maximum Gasteiger partial charge on any atom is 0.271 e. The van der Waals surface area contributed by atoms with Gasteiger partial charge in [0.15, 0.2) is 0 Å². The maximum absolute atomic E-state index is 13.5. The summed E-state index contributed by atoms with van der Waals surface area (Å²) in [4.78, 5) is 34.5. The molecule has 4 aromatic rings. The number of rotatable bonds is 7. The second-order valence-electron chi connectivity index (χ2n) is 8.35. The Morgan fingerprint density at radius 2 is 2.14 bits per heavy atom. The Kier molecular flexibility index (Phi) is 6.14. The number of aromatic nitrogens is 5. The zero-order chi connectivity index (χ0) is 24.5. The molecule has 0 fully saturated rings. The van der Waals surface area contributed by atoms with Crippen LogP contribution in [-0.2, 0) is 24.9 Å². The fourth-order valence-electron chi connectivity index (χ4n) is 4.28. The molecule has 1 atom stereocenters. The normalized spacial score (nSPS) is 15.3. The number of nitrogens with zero attached hydrogens (tertiary/aromatic N) is 5. The number of nitrogens with one attached hydrogen (secondary N) is 2. The summed E-state index contributed by atoms with van der Waals surface area (Å²) in [6.07, 6.45) is 6.76. The Hall–Kier alpha value is -3.89. The molecule has 1 aliphatic heterocycles. The third-order valence-corrected chi connectivity index (χ3v) is 6.37. The summed E-state index contributed by atoms with van der Waals surface area (Å²) >= 11 is 6.51. The highest BCUT2D eigenvalue weighted by Gasteiger charge is 2.33. The molecule has 4 aromatic heterocycles. The highest BCUT2D eigenvalue weighted by Crippen LogP contribution is 2.33. The van der Waals surface area contributed by atoms with Crippen molar-refractivity contribution in [2.24, 2.45) is 7.05 Å². The number of ether oxygens (including phenoxy) is 1. The average molecular weight is 494 g/mol. The van der Waals surface area contributed by atoms with Crippen LogP contribution in [0.15, 0.2) is 59.9 Å². The standard InChI is InChI=1S/C24H24ClN7O3/c1-30-22(5-7-28-30)29-21-9-18(19(25)10-27-21)16-8-20-24(34)32(12-15-4-3-6-26-23(15)33)17(14-35-2)13-31(20)11-16/h3-11,17H,12-14H2,1-2H3,(H,26,33)(H,27,29)/t17-/m1/s1. The van der Waals surface area contributed by atoms with Crippen molar-refractivity contribution in [3.05, 3.63) is 81.8 Å². The first-order chi connectivity index (χ1) is 16.9. The molecular weight excluding hydrogens is 470 g/mol. The van der Waals surface area contributed by atoms with Crippen molar-refractivity contribution in [3.8, 4) is 11.1 Å². The lowest BCUT2D eigenvalue weighted by Gasteiger charge is -2.36. The van der Waals surface area contributed by atoms with Gasteiger partial charge in [-0.1, -0.05) is 17.7 Å². The Morgan fingerprint density at radius 3 is 2.89 bits per heavy atom. The summed E-state index contributed by atoms with van der Waals surface area (Å²) in [6.45, 7) is 1.07. The number of hydrogen-bond donors (Lipinski definition) is 2. The van der Waals surface area contributed by atoms with Gasteiger partial charge in [0.2, 0.25) is 0 Å². The van der Waals surface area contributed by atoms with Gasteiger partial charge in [0.1, 0.15) is 17.3 Å². The van der Waals surface area contributed by atoms with E-state index >= 15 is 0 Å².